The highest BCUT2D eigenvalue weighted by atomic mass is 19.1. The minimum Gasteiger partial charge on any atom is -0.467 e. The molecule has 3 rings (SSSR count). The third-order valence-electron chi connectivity index (χ3n) is 4.97. The van der Waals surface area contributed by atoms with E-state index >= 15 is 0 Å². The van der Waals surface area contributed by atoms with Crippen LogP contribution in [-0.4, -0.2) is 31.2 Å². The summed E-state index contributed by atoms with van der Waals surface area (Å²) >= 11 is 0. The number of hydrogen-bond donors (Lipinski definition) is 2. The molecule has 0 aliphatic carbocycles. The Morgan fingerprint density at radius 1 is 1.18 bits per heavy atom. The lowest BCUT2D eigenvalue weighted by molar-refractivity contribution is -0.142. The number of nitrogens with zero attached hydrogens (tertiary/aromatic N) is 2. The van der Waals surface area contributed by atoms with Gasteiger partial charge >= 0.3 is 5.97 Å². The summed E-state index contributed by atoms with van der Waals surface area (Å²) in [5.41, 5.74) is 3.18. The molecule has 7 nitrogen and oxygen atoms in total. The highest BCUT2D eigenvalue weighted by Crippen LogP contribution is 2.25. The Labute approximate surface area is 190 Å². The number of nitrogens with two attached hydrogens (primary N) is 1. The minimum absolute atomic E-state index is 0.206. The fraction of sp³-hybridized carbons (Fsp3) is 0.120. The van der Waals surface area contributed by atoms with Gasteiger partial charge in [0.15, 0.2) is 0 Å². The summed E-state index contributed by atoms with van der Waals surface area (Å²) in [7, 11) is 1.25. The normalized spacial score (nSPS) is 11.5. The lowest BCUT2D eigenvalue weighted by atomic mass is 9.98. The van der Waals surface area contributed by atoms with Crippen molar-refractivity contribution in [1.29, 1.82) is 5.26 Å². The Balaban J connectivity index is 1.79. The SMILES string of the molecule is COC(=O)[C@H](Cc1cccc(C=NN)c1)NC(=O)c1ccc(-c2cc(F)ccc2C#N)cc1. The fourth-order valence-electron chi connectivity index (χ4n) is 3.35. The van der Waals surface area contributed by atoms with Crippen molar-refractivity contribution >= 4 is 18.1 Å². The molecule has 0 spiro atoms. The Kier molecular flexibility index (Phi) is 7.50. The molecule has 33 heavy (non-hydrogen) atoms. The van der Waals surface area contributed by atoms with Crippen molar-refractivity contribution in [3.63, 3.8) is 0 Å². The molecule has 0 aliphatic heterocycles. The number of nitrogens with one attached hydrogen (secondary N) is 1. The number of amides is 1. The highest BCUT2D eigenvalue weighted by molar-refractivity contribution is 5.97. The van der Waals surface area contributed by atoms with E-state index < -0.39 is 23.7 Å². The molecule has 1 amide bonds. The van der Waals surface area contributed by atoms with Crippen molar-refractivity contribution < 1.29 is 18.7 Å². The van der Waals surface area contributed by atoms with Crippen LogP contribution in [0.25, 0.3) is 11.1 Å². The van der Waals surface area contributed by atoms with Crippen LogP contribution in [0.15, 0.2) is 71.8 Å². The molecule has 166 valence electrons. The van der Waals surface area contributed by atoms with Crippen molar-refractivity contribution in [3.05, 3.63) is 94.8 Å². The van der Waals surface area contributed by atoms with Crippen LogP contribution < -0.4 is 11.2 Å². The molecule has 0 aliphatic rings. The van der Waals surface area contributed by atoms with Crippen LogP contribution in [0.5, 0.6) is 0 Å². The maximum Gasteiger partial charge on any atom is 0.328 e. The largest absolute Gasteiger partial charge is 0.467 e. The van der Waals surface area contributed by atoms with Crippen molar-refractivity contribution in [1.82, 2.24) is 5.32 Å². The zero-order chi connectivity index (χ0) is 23.8. The molecular weight excluding hydrogens is 423 g/mol. The van der Waals surface area contributed by atoms with E-state index in [1.807, 2.05) is 18.2 Å². The molecule has 3 aromatic carbocycles. The van der Waals surface area contributed by atoms with Gasteiger partial charge in [0, 0.05) is 17.5 Å². The van der Waals surface area contributed by atoms with Gasteiger partial charge in [-0.3, -0.25) is 4.79 Å². The molecule has 0 aromatic heterocycles. The molecule has 8 heteroatoms. The summed E-state index contributed by atoms with van der Waals surface area (Å²) in [5.74, 6) is 3.66. The van der Waals surface area contributed by atoms with Gasteiger partial charge in [0.1, 0.15) is 11.9 Å². The van der Waals surface area contributed by atoms with E-state index in [0.717, 1.165) is 11.1 Å². The minimum atomic E-state index is -0.916. The first-order valence-corrected chi connectivity index (χ1v) is 9.96. The average molecular weight is 444 g/mol. The van der Waals surface area contributed by atoms with Gasteiger partial charge in [0.05, 0.1) is 25.0 Å². The van der Waals surface area contributed by atoms with Crippen LogP contribution in [0.3, 0.4) is 0 Å². The molecule has 0 saturated heterocycles. The van der Waals surface area contributed by atoms with Crippen molar-refractivity contribution in [2.45, 2.75) is 12.5 Å². The van der Waals surface area contributed by atoms with Gasteiger partial charge in [-0.2, -0.15) is 10.4 Å². The summed E-state index contributed by atoms with van der Waals surface area (Å²) in [6, 6.07) is 18.6. The van der Waals surface area contributed by atoms with Gasteiger partial charge in [-0.1, -0.05) is 36.4 Å². The molecule has 1 atom stereocenters. The van der Waals surface area contributed by atoms with Gasteiger partial charge in [-0.15, -0.1) is 0 Å². The van der Waals surface area contributed by atoms with Crippen LogP contribution in [0, 0.1) is 17.1 Å². The zero-order valence-electron chi connectivity index (χ0n) is 17.8. The predicted molar refractivity (Wildman–Crippen MR) is 122 cm³/mol. The molecule has 0 fully saturated rings. The number of methoxy groups -OCH3 is 1. The van der Waals surface area contributed by atoms with Gasteiger partial charge in [0.25, 0.3) is 5.91 Å². The van der Waals surface area contributed by atoms with Crippen LogP contribution in [0.2, 0.25) is 0 Å². The molecule has 3 N–H and O–H groups in total. The number of benzene rings is 3. The van der Waals surface area contributed by atoms with Crippen molar-refractivity contribution in [2.24, 2.45) is 10.9 Å². The van der Waals surface area contributed by atoms with Gasteiger partial charge in [0.2, 0.25) is 0 Å². The molecule has 0 saturated carbocycles. The quantitative estimate of drug-likeness (QED) is 0.251. The van der Waals surface area contributed by atoms with Gasteiger partial charge < -0.3 is 15.9 Å². The molecule has 0 heterocycles. The lowest BCUT2D eigenvalue weighted by Crippen LogP contribution is -2.43. The topological polar surface area (TPSA) is 118 Å². The van der Waals surface area contributed by atoms with E-state index in [2.05, 4.69) is 10.4 Å². The summed E-state index contributed by atoms with van der Waals surface area (Å²) in [6.07, 6.45) is 1.69. The fourth-order valence-corrected chi connectivity index (χ4v) is 3.35. The first-order chi connectivity index (χ1) is 15.9. The Morgan fingerprint density at radius 3 is 2.61 bits per heavy atom. The van der Waals surface area contributed by atoms with Crippen LogP contribution >= 0.6 is 0 Å². The second-order valence-corrected chi connectivity index (χ2v) is 7.16. The monoisotopic (exact) mass is 444 g/mol. The first kappa shape index (κ1) is 23.2. The summed E-state index contributed by atoms with van der Waals surface area (Å²) in [5, 5.41) is 15.4. The van der Waals surface area contributed by atoms with E-state index in [9.17, 15) is 19.2 Å². The lowest BCUT2D eigenvalue weighted by Gasteiger charge is -2.17. The third-order valence-corrected chi connectivity index (χ3v) is 4.97. The predicted octanol–water partition coefficient (Wildman–Crippen LogP) is 3.17. The third kappa shape index (κ3) is 5.80. The molecule has 0 bridgehead atoms. The molecule has 0 unspecified atom stereocenters. The summed E-state index contributed by atoms with van der Waals surface area (Å²) < 4.78 is 18.5. The number of rotatable bonds is 7. The maximum atomic E-state index is 13.6. The van der Waals surface area contributed by atoms with Crippen molar-refractivity contribution in [2.75, 3.05) is 7.11 Å². The highest BCUT2D eigenvalue weighted by Gasteiger charge is 2.23. The van der Waals surface area contributed by atoms with Crippen LogP contribution in [0.4, 0.5) is 4.39 Å². The molecule has 0 radical (unpaired) electrons. The van der Waals surface area contributed by atoms with E-state index in [1.165, 1.54) is 31.5 Å². The number of nitriles is 1. The van der Waals surface area contributed by atoms with E-state index in [1.54, 1.807) is 36.4 Å². The van der Waals surface area contributed by atoms with Gasteiger partial charge in [-0.05, 0) is 47.0 Å². The number of esters is 1. The average Bonchev–Trinajstić information content (AvgIpc) is 2.83. The Morgan fingerprint density at radius 2 is 1.94 bits per heavy atom. The first-order valence-electron chi connectivity index (χ1n) is 9.96. The molecule has 3 aromatic rings. The summed E-state index contributed by atoms with van der Waals surface area (Å²) in [4.78, 5) is 25.1. The number of ether oxygens (including phenoxy) is 1. The Hall–Kier alpha value is -4.51. The smallest absolute Gasteiger partial charge is 0.328 e. The van der Waals surface area contributed by atoms with Gasteiger partial charge in [-0.25, -0.2) is 9.18 Å². The standard InChI is InChI=1S/C25H21FN4O3/c1-33-25(32)23(12-16-3-2-4-17(11-16)15-29-28)30-24(31)19-7-5-18(6-8-19)22-13-21(26)10-9-20(22)14-27/h2-11,13,15,23H,12,28H2,1H3,(H,30,31)/t23-/m0/s1. The second kappa shape index (κ2) is 10.7. The summed E-state index contributed by atoms with van der Waals surface area (Å²) in [6.45, 7) is 0. The van der Waals surface area contributed by atoms with E-state index in [0.29, 0.717) is 22.3 Å². The number of carbonyl (C=O) groups is 2. The molecular formula is C25H21FN4O3. The van der Waals surface area contributed by atoms with Crippen molar-refractivity contribution in [3.8, 4) is 17.2 Å². The van der Waals surface area contributed by atoms with Crippen LogP contribution in [0.1, 0.15) is 27.0 Å². The van der Waals surface area contributed by atoms with E-state index in [-0.39, 0.29) is 6.42 Å². The number of halogens is 1. The Bertz CT molecular complexity index is 1230. The maximum absolute atomic E-state index is 13.6. The zero-order valence-corrected chi connectivity index (χ0v) is 17.8. The van der Waals surface area contributed by atoms with E-state index in [4.69, 9.17) is 10.6 Å². The van der Waals surface area contributed by atoms with Crippen LogP contribution in [-0.2, 0) is 16.0 Å². The number of hydrogen-bond acceptors (Lipinski definition) is 6. The second-order valence-electron chi connectivity index (χ2n) is 7.16. The number of carbonyl (C=O) groups excluding carboxylic acids is 2. The number of hydrazone groups is 1.